The van der Waals surface area contributed by atoms with Crippen LogP contribution in [0.2, 0.25) is 5.02 Å². The SMILES string of the molecule is Nc1cccc2c1C(=O)c1c(NC(=O)c3ccc(Cl)cc3)cccc1C2=O. The van der Waals surface area contributed by atoms with Crippen molar-refractivity contribution in [2.75, 3.05) is 11.1 Å². The maximum Gasteiger partial charge on any atom is 0.255 e. The van der Waals surface area contributed by atoms with Crippen molar-refractivity contribution in [2.24, 2.45) is 0 Å². The summed E-state index contributed by atoms with van der Waals surface area (Å²) in [5.74, 6) is -1.09. The number of hydrogen-bond acceptors (Lipinski definition) is 4. The summed E-state index contributed by atoms with van der Waals surface area (Å²) in [5, 5.41) is 3.22. The fourth-order valence-electron chi connectivity index (χ4n) is 3.17. The largest absolute Gasteiger partial charge is 0.398 e. The van der Waals surface area contributed by atoms with Crippen LogP contribution >= 0.6 is 11.6 Å². The van der Waals surface area contributed by atoms with Gasteiger partial charge in [-0.3, -0.25) is 14.4 Å². The summed E-state index contributed by atoms with van der Waals surface area (Å²) in [6, 6.07) is 15.9. The van der Waals surface area contributed by atoms with Crippen molar-refractivity contribution >= 4 is 40.4 Å². The van der Waals surface area contributed by atoms with E-state index in [1.54, 1.807) is 60.7 Å². The van der Waals surface area contributed by atoms with E-state index in [1.807, 2.05) is 0 Å². The molecule has 0 aliphatic heterocycles. The Morgan fingerprint density at radius 1 is 0.815 bits per heavy atom. The van der Waals surface area contributed by atoms with Crippen LogP contribution in [0.4, 0.5) is 11.4 Å². The van der Waals surface area contributed by atoms with E-state index in [4.69, 9.17) is 17.3 Å². The molecule has 0 bridgehead atoms. The molecule has 0 spiro atoms. The third-order valence-electron chi connectivity index (χ3n) is 4.46. The van der Waals surface area contributed by atoms with Gasteiger partial charge < -0.3 is 11.1 Å². The lowest BCUT2D eigenvalue weighted by Crippen LogP contribution is -2.25. The second-order valence-corrected chi connectivity index (χ2v) is 6.55. The lowest BCUT2D eigenvalue weighted by Gasteiger charge is -2.21. The van der Waals surface area contributed by atoms with Gasteiger partial charge in [-0.2, -0.15) is 0 Å². The molecule has 0 aromatic heterocycles. The summed E-state index contributed by atoms with van der Waals surface area (Å²) in [4.78, 5) is 38.4. The van der Waals surface area contributed by atoms with Gasteiger partial charge in [0.15, 0.2) is 11.6 Å². The first-order valence-electron chi connectivity index (χ1n) is 8.15. The minimum Gasteiger partial charge on any atom is -0.398 e. The number of halogens is 1. The van der Waals surface area contributed by atoms with Gasteiger partial charge in [-0.1, -0.05) is 35.9 Å². The van der Waals surface area contributed by atoms with Gasteiger partial charge in [0.25, 0.3) is 5.91 Å². The standard InChI is InChI=1S/C21H13ClN2O3/c22-12-9-7-11(8-10-12)21(27)24-16-6-2-4-14-18(16)20(26)17-13(19(14)25)3-1-5-15(17)23/h1-10H,23H2,(H,24,27). The highest BCUT2D eigenvalue weighted by Crippen LogP contribution is 2.34. The first kappa shape index (κ1) is 17.0. The highest BCUT2D eigenvalue weighted by Gasteiger charge is 2.33. The highest BCUT2D eigenvalue weighted by atomic mass is 35.5. The maximum absolute atomic E-state index is 13.1. The van der Waals surface area contributed by atoms with Crippen molar-refractivity contribution in [3.05, 3.63) is 93.5 Å². The van der Waals surface area contributed by atoms with E-state index in [2.05, 4.69) is 5.32 Å². The second-order valence-electron chi connectivity index (χ2n) is 6.12. The van der Waals surface area contributed by atoms with Gasteiger partial charge in [-0.25, -0.2) is 0 Å². The molecule has 6 heteroatoms. The molecule has 5 nitrogen and oxygen atoms in total. The van der Waals surface area contributed by atoms with Crippen molar-refractivity contribution < 1.29 is 14.4 Å². The van der Waals surface area contributed by atoms with E-state index in [9.17, 15) is 14.4 Å². The van der Waals surface area contributed by atoms with E-state index in [0.717, 1.165) is 0 Å². The first-order chi connectivity index (χ1) is 13.0. The normalized spacial score (nSPS) is 12.3. The molecule has 0 saturated heterocycles. The number of anilines is 2. The van der Waals surface area contributed by atoms with Crippen molar-refractivity contribution in [3.63, 3.8) is 0 Å². The number of fused-ring (bicyclic) bond motifs is 2. The number of nitrogens with one attached hydrogen (secondary N) is 1. The zero-order valence-electron chi connectivity index (χ0n) is 14.0. The molecule has 0 heterocycles. The predicted molar refractivity (Wildman–Crippen MR) is 104 cm³/mol. The smallest absolute Gasteiger partial charge is 0.255 e. The third kappa shape index (κ3) is 2.78. The van der Waals surface area contributed by atoms with Crippen LogP contribution in [0.1, 0.15) is 42.2 Å². The van der Waals surface area contributed by atoms with E-state index in [0.29, 0.717) is 10.6 Å². The molecule has 0 unspecified atom stereocenters. The van der Waals surface area contributed by atoms with Crippen LogP contribution in [0.15, 0.2) is 60.7 Å². The molecule has 0 saturated carbocycles. The monoisotopic (exact) mass is 376 g/mol. The number of hydrogen-bond donors (Lipinski definition) is 2. The van der Waals surface area contributed by atoms with Gasteiger partial charge in [-0.05, 0) is 36.4 Å². The molecule has 3 N–H and O–H groups in total. The van der Waals surface area contributed by atoms with E-state index in [-0.39, 0.29) is 45.2 Å². The zero-order chi connectivity index (χ0) is 19.1. The molecular weight excluding hydrogens is 364 g/mol. The summed E-state index contributed by atoms with van der Waals surface area (Å²) in [6.45, 7) is 0. The fourth-order valence-corrected chi connectivity index (χ4v) is 3.29. The summed E-state index contributed by atoms with van der Waals surface area (Å²) >= 11 is 5.84. The second kappa shape index (κ2) is 6.37. The average Bonchev–Trinajstić information content (AvgIpc) is 2.66. The Labute approximate surface area is 159 Å². The topological polar surface area (TPSA) is 89.3 Å². The molecule has 0 atom stereocenters. The summed E-state index contributed by atoms with van der Waals surface area (Å²) in [7, 11) is 0. The summed E-state index contributed by atoms with van der Waals surface area (Å²) in [6.07, 6.45) is 0. The van der Waals surface area contributed by atoms with Gasteiger partial charge in [0.2, 0.25) is 0 Å². The molecule has 3 aromatic rings. The molecule has 0 fully saturated rings. The van der Waals surface area contributed by atoms with Gasteiger partial charge in [0.1, 0.15) is 0 Å². The number of carbonyl (C=O) groups excluding carboxylic acids is 3. The van der Waals surface area contributed by atoms with Crippen LogP contribution in [-0.2, 0) is 0 Å². The number of nitrogen functional groups attached to an aromatic ring is 1. The number of amides is 1. The lowest BCUT2D eigenvalue weighted by molar-refractivity contribution is 0.0979. The van der Waals surface area contributed by atoms with Gasteiger partial charge >= 0.3 is 0 Å². The third-order valence-corrected chi connectivity index (χ3v) is 4.71. The van der Waals surface area contributed by atoms with Gasteiger partial charge in [0, 0.05) is 27.4 Å². The highest BCUT2D eigenvalue weighted by molar-refractivity contribution is 6.32. The number of benzene rings is 3. The molecule has 132 valence electrons. The maximum atomic E-state index is 13.1. The molecule has 0 radical (unpaired) electrons. The van der Waals surface area contributed by atoms with Crippen LogP contribution in [0.25, 0.3) is 0 Å². The van der Waals surface area contributed by atoms with Crippen LogP contribution in [0.5, 0.6) is 0 Å². The molecule has 1 aliphatic carbocycles. The van der Waals surface area contributed by atoms with Crippen molar-refractivity contribution in [3.8, 4) is 0 Å². The van der Waals surface area contributed by atoms with Crippen LogP contribution in [0.3, 0.4) is 0 Å². The van der Waals surface area contributed by atoms with E-state index in [1.165, 1.54) is 0 Å². The summed E-state index contributed by atoms with van der Waals surface area (Å²) < 4.78 is 0. The lowest BCUT2D eigenvalue weighted by atomic mass is 9.82. The predicted octanol–water partition coefficient (Wildman–Crippen LogP) is 3.95. The Kier molecular flexibility index (Phi) is 4.01. The van der Waals surface area contributed by atoms with Crippen LogP contribution < -0.4 is 11.1 Å². The Morgan fingerprint density at radius 2 is 1.44 bits per heavy atom. The van der Waals surface area contributed by atoms with Crippen molar-refractivity contribution in [1.82, 2.24) is 0 Å². The Balaban J connectivity index is 1.79. The average molecular weight is 377 g/mol. The Hall–Kier alpha value is -3.44. The van der Waals surface area contributed by atoms with E-state index < -0.39 is 5.91 Å². The molecule has 1 amide bonds. The first-order valence-corrected chi connectivity index (χ1v) is 8.53. The molecule has 1 aliphatic rings. The minimum atomic E-state index is -0.410. The minimum absolute atomic E-state index is 0.148. The zero-order valence-corrected chi connectivity index (χ0v) is 14.7. The summed E-state index contributed by atoms with van der Waals surface area (Å²) in [5.41, 5.74) is 7.64. The van der Waals surface area contributed by atoms with Gasteiger partial charge in [0.05, 0.1) is 16.8 Å². The van der Waals surface area contributed by atoms with Crippen molar-refractivity contribution in [2.45, 2.75) is 0 Å². The van der Waals surface area contributed by atoms with Gasteiger partial charge in [-0.15, -0.1) is 0 Å². The number of rotatable bonds is 2. The van der Waals surface area contributed by atoms with Crippen LogP contribution in [0, 0.1) is 0 Å². The molecule has 4 rings (SSSR count). The Morgan fingerprint density at radius 3 is 2.15 bits per heavy atom. The number of nitrogens with two attached hydrogens (primary N) is 1. The van der Waals surface area contributed by atoms with Crippen molar-refractivity contribution in [1.29, 1.82) is 0 Å². The molecule has 3 aromatic carbocycles. The quantitative estimate of drug-likeness (QED) is 0.518. The number of ketones is 2. The number of carbonyl (C=O) groups is 3. The molecule has 27 heavy (non-hydrogen) atoms. The molecular formula is C21H13ClN2O3. The fraction of sp³-hybridized carbons (Fsp3) is 0. The van der Waals surface area contributed by atoms with Crippen LogP contribution in [-0.4, -0.2) is 17.5 Å². The Bertz CT molecular complexity index is 1120. The van der Waals surface area contributed by atoms with E-state index >= 15 is 0 Å².